The number of aromatic nitrogens is 1. The Morgan fingerprint density at radius 1 is 1.62 bits per heavy atom. The van der Waals surface area contributed by atoms with Gasteiger partial charge in [-0.1, -0.05) is 18.3 Å². The molecule has 0 fully saturated rings. The normalized spacial score (nSPS) is 11.9. The van der Waals surface area contributed by atoms with Crippen LogP contribution in [0.15, 0.2) is 8.13 Å². The van der Waals surface area contributed by atoms with E-state index in [4.69, 9.17) is 0 Å². The third-order valence-electron chi connectivity index (χ3n) is 1.31. The highest BCUT2D eigenvalue weighted by molar-refractivity contribution is 9.11. The standard InChI is InChI=1S/C6H9BrN2O2S2/c1-3-8-13(10,11)5-4(2)9-6(7)12-5/h8H,3H2,1-2H3. The zero-order valence-electron chi connectivity index (χ0n) is 7.17. The number of sulfonamides is 1. The second-order valence-electron chi connectivity index (χ2n) is 2.34. The first-order valence-corrected chi connectivity index (χ1v) is 6.69. The van der Waals surface area contributed by atoms with Gasteiger partial charge in [0.15, 0.2) is 8.13 Å². The second-order valence-corrected chi connectivity index (χ2v) is 6.58. The maximum Gasteiger partial charge on any atom is 0.251 e. The van der Waals surface area contributed by atoms with E-state index in [1.54, 1.807) is 13.8 Å². The molecule has 0 spiro atoms. The van der Waals surface area contributed by atoms with E-state index < -0.39 is 10.0 Å². The summed E-state index contributed by atoms with van der Waals surface area (Å²) in [6.07, 6.45) is 0. The van der Waals surface area contributed by atoms with E-state index >= 15 is 0 Å². The minimum Gasteiger partial charge on any atom is -0.233 e. The summed E-state index contributed by atoms with van der Waals surface area (Å²) in [6, 6.07) is 0. The van der Waals surface area contributed by atoms with Gasteiger partial charge in [0.05, 0.1) is 5.69 Å². The number of thiazole rings is 1. The Morgan fingerprint density at radius 3 is 2.62 bits per heavy atom. The molecule has 74 valence electrons. The quantitative estimate of drug-likeness (QED) is 0.915. The molecule has 0 radical (unpaired) electrons. The smallest absolute Gasteiger partial charge is 0.233 e. The molecular formula is C6H9BrN2O2S2. The van der Waals surface area contributed by atoms with Gasteiger partial charge in [-0.2, -0.15) is 0 Å². The Balaban J connectivity index is 3.14. The van der Waals surface area contributed by atoms with Crippen molar-refractivity contribution in [2.45, 2.75) is 18.1 Å². The summed E-state index contributed by atoms with van der Waals surface area (Å²) in [5.41, 5.74) is 0.526. The summed E-state index contributed by atoms with van der Waals surface area (Å²) in [6.45, 7) is 3.80. The molecule has 13 heavy (non-hydrogen) atoms. The number of nitrogens with one attached hydrogen (secondary N) is 1. The summed E-state index contributed by atoms with van der Waals surface area (Å²) in [5, 5.41) is 0. The van der Waals surface area contributed by atoms with Crippen LogP contribution in [0.5, 0.6) is 0 Å². The van der Waals surface area contributed by atoms with Gasteiger partial charge >= 0.3 is 0 Å². The molecule has 1 aromatic heterocycles. The Kier molecular flexibility index (Phi) is 3.44. The number of aryl methyl sites for hydroxylation is 1. The van der Waals surface area contributed by atoms with Crippen LogP contribution in [-0.2, 0) is 10.0 Å². The van der Waals surface area contributed by atoms with Gasteiger partial charge in [-0.15, -0.1) is 0 Å². The van der Waals surface area contributed by atoms with E-state index in [-0.39, 0.29) is 4.21 Å². The lowest BCUT2D eigenvalue weighted by Gasteiger charge is -2.00. The van der Waals surface area contributed by atoms with Gasteiger partial charge in [0.2, 0.25) is 0 Å². The number of hydrogen-bond acceptors (Lipinski definition) is 4. The van der Waals surface area contributed by atoms with E-state index in [1.165, 1.54) is 0 Å². The van der Waals surface area contributed by atoms with E-state index in [9.17, 15) is 8.42 Å². The van der Waals surface area contributed by atoms with E-state index in [0.717, 1.165) is 11.3 Å². The monoisotopic (exact) mass is 284 g/mol. The topological polar surface area (TPSA) is 59.1 Å². The third kappa shape index (κ3) is 2.49. The molecule has 0 bridgehead atoms. The Morgan fingerprint density at radius 2 is 2.23 bits per heavy atom. The molecule has 0 atom stereocenters. The average Bonchev–Trinajstić information content (AvgIpc) is 2.30. The predicted octanol–water partition coefficient (Wildman–Crippen LogP) is 1.51. The maximum atomic E-state index is 11.5. The van der Waals surface area contributed by atoms with E-state index in [2.05, 4.69) is 25.6 Å². The molecule has 1 rings (SSSR count). The minimum atomic E-state index is -3.34. The highest BCUT2D eigenvalue weighted by Gasteiger charge is 2.19. The fourth-order valence-electron chi connectivity index (χ4n) is 0.856. The molecule has 0 saturated heterocycles. The van der Waals surface area contributed by atoms with Crippen molar-refractivity contribution in [3.63, 3.8) is 0 Å². The van der Waals surface area contributed by atoms with Gasteiger partial charge in [0.25, 0.3) is 10.0 Å². The minimum absolute atomic E-state index is 0.279. The van der Waals surface area contributed by atoms with Crippen molar-refractivity contribution >= 4 is 37.3 Å². The molecule has 0 aliphatic rings. The summed E-state index contributed by atoms with van der Waals surface area (Å²) in [4.78, 5) is 3.98. The van der Waals surface area contributed by atoms with Crippen molar-refractivity contribution < 1.29 is 8.42 Å². The molecule has 0 aliphatic carbocycles. The fraction of sp³-hybridized carbons (Fsp3) is 0.500. The van der Waals surface area contributed by atoms with Crippen LogP contribution in [0.25, 0.3) is 0 Å². The zero-order valence-corrected chi connectivity index (χ0v) is 10.4. The molecule has 0 unspecified atom stereocenters. The van der Waals surface area contributed by atoms with Crippen LogP contribution >= 0.6 is 27.3 Å². The molecule has 4 nitrogen and oxygen atoms in total. The molecule has 0 aromatic carbocycles. The highest BCUT2D eigenvalue weighted by Crippen LogP contribution is 2.26. The van der Waals surface area contributed by atoms with Crippen molar-refractivity contribution in [3.05, 3.63) is 9.61 Å². The molecular weight excluding hydrogens is 276 g/mol. The van der Waals surface area contributed by atoms with Crippen LogP contribution in [0, 0.1) is 6.92 Å². The number of rotatable bonds is 3. The molecule has 1 heterocycles. The lowest BCUT2D eigenvalue weighted by molar-refractivity contribution is 0.585. The van der Waals surface area contributed by atoms with E-state index in [1.807, 2.05) is 0 Å². The van der Waals surface area contributed by atoms with Gasteiger partial charge in [-0.3, -0.25) is 0 Å². The first-order chi connectivity index (χ1) is 5.97. The Hall–Kier alpha value is 0.0200. The zero-order chi connectivity index (χ0) is 10.1. The Labute approximate surface area is 89.6 Å². The van der Waals surface area contributed by atoms with Crippen molar-refractivity contribution in [1.29, 1.82) is 0 Å². The van der Waals surface area contributed by atoms with E-state index in [0.29, 0.717) is 16.2 Å². The first-order valence-electron chi connectivity index (χ1n) is 3.60. The van der Waals surface area contributed by atoms with Crippen LogP contribution < -0.4 is 4.72 Å². The summed E-state index contributed by atoms with van der Waals surface area (Å²) >= 11 is 4.26. The fourth-order valence-corrected chi connectivity index (χ4v) is 4.26. The molecule has 0 aliphatic heterocycles. The van der Waals surface area contributed by atoms with Gasteiger partial charge in [0.1, 0.15) is 0 Å². The van der Waals surface area contributed by atoms with Crippen molar-refractivity contribution in [3.8, 4) is 0 Å². The SMILES string of the molecule is CCNS(=O)(=O)c1sc(Br)nc1C. The molecule has 1 N–H and O–H groups in total. The molecule has 7 heteroatoms. The summed E-state index contributed by atoms with van der Waals surface area (Å²) in [7, 11) is -3.34. The molecule has 0 saturated carbocycles. The average molecular weight is 285 g/mol. The first kappa shape index (κ1) is 11.1. The van der Waals surface area contributed by atoms with Crippen LogP contribution in [0.2, 0.25) is 0 Å². The van der Waals surface area contributed by atoms with Crippen molar-refractivity contribution in [1.82, 2.24) is 9.71 Å². The lowest BCUT2D eigenvalue weighted by atomic mass is 10.6. The van der Waals surface area contributed by atoms with Crippen molar-refractivity contribution in [2.24, 2.45) is 0 Å². The maximum absolute atomic E-state index is 11.5. The highest BCUT2D eigenvalue weighted by atomic mass is 79.9. The molecule has 0 amide bonds. The Bertz CT molecular complexity index is 399. The van der Waals surface area contributed by atoms with Crippen LogP contribution in [0.1, 0.15) is 12.6 Å². The van der Waals surface area contributed by atoms with Crippen LogP contribution in [0.3, 0.4) is 0 Å². The van der Waals surface area contributed by atoms with Gasteiger partial charge < -0.3 is 0 Å². The van der Waals surface area contributed by atoms with Gasteiger partial charge in [0, 0.05) is 6.54 Å². The van der Waals surface area contributed by atoms with Crippen molar-refractivity contribution in [2.75, 3.05) is 6.54 Å². The number of hydrogen-bond donors (Lipinski definition) is 1. The number of nitrogens with zero attached hydrogens (tertiary/aromatic N) is 1. The van der Waals surface area contributed by atoms with Gasteiger partial charge in [-0.05, 0) is 22.9 Å². The molecule has 1 aromatic rings. The second kappa shape index (κ2) is 4.04. The largest absolute Gasteiger partial charge is 0.251 e. The lowest BCUT2D eigenvalue weighted by Crippen LogP contribution is -2.22. The third-order valence-corrected chi connectivity index (χ3v) is 5.07. The van der Waals surface area contributed by atoms with Crippen LogP contribution in [0.4, 0.5) is 0 Å². The van der Waals surface area contributed by atoms with Crippen LogP contribution in [-0.4, -0.2) is 19.9 Å². The van der Waals surface area contributed by atoms with Gasteiger partial charge in [-0.25, -0.2) is 18.1 Å². The summed E-state index contributed by atoms with van der Waals surface area (Å²) in [5.74, 6) is 0. The summed E-state index contributed by atoms with van der Waals surface area (Å²) < 4.78 is 26.3. The predicted molar refractivity (Wildman–Crippen MR) is 55.4 cm³/mol. The number of halogens is 1.